The number of carbonyl (C=O) groups excluding carboxylic acids is 3. The van der Waals surface area contributed by atoms with Crippen molar-refractivity contribution in [2.24, 2.45) is 10.2 Å². The van der Waals surface area contributed by atoms with Crippen molar-refractivity contribution >= 4 is 53.0 Å². The molecule has 42 heavy (non-hydrogen) atoms. The Balaban J connectivity index is 1.93. The Kier molecular flexibility index (Phi) is 11.9. The zero-order valence-electron chi connectivity index (χ0n) is 22.8. The van der Waals surface area contributed by atoms with Crippen molar-refractivity contribution in [3.63, 3.8) is 0 Å². The van der Waals surface area contributed by atoms with Crippen LogP contribution < -0.4 is 10.2 Å². The molecular weight excluding hydrogens is 569 g/mol. The Labute approximate surface area is 245 Å². The number of rotatable bonds is 15. The van der Waals surface area contributed by atoms with Gasteiger partial charge in [-0.15, -0.1) is 10.2 Å². The number of anilines is 2. The van der Waals surface area contributed by atoms with Crippen LogP contribution in [0.4, 0.5) is 27.1 Å². The molecule has 3 rings (SSSR count). The summed E-state index contributed by atoms with van der Waals surface area (Å²) in [5.74, 6) is -1.49. The minimum absolute atomic E-state index is 0.0400. The van der Waals surface area contributed by atoms with E-state index in [2.05, 4.69) is 15.5 Å². The first-order valence-electron chi connectivity index (χ1n) is 12.6. The lowest BCUT2D eigenvalue weighted by molar-refractivity contribution is -0.284. The maximum absolute atomic E-state index is 15.0. The summed E-state index contributed by atoms with van der Waals surface area (Å²) in [5, 5.41) is 22.0. The van der Waals surface area contributed by atoms with Crippen LogP contribution in [-0.4, -0.2) is 50.0 Å². The Morgan fingerprint density at radius 3 is 2.24 bits per heavy atom. The third kappa shape index (κ3) is 9.37. The summed E-state index contributed by atoms with van der Waals surface area (Å²) in [6.45, 7) is 0.419. The molecule has 0 spiro atoms. The van der Waals surface area contributed by atoms with Gasteiger partial charge in [-0.2, -0.15) is 0 Å². The normalized spacial score (nSPS) is 10.7. The molecule has 0 aromatic heterocycles. The van der Waals surface area contributed by atoms with Gasteiger partial charge in [-0.3, -0.25) is 24.5 Å². The molecule has 0 fully saturated rings. The first-order valence-corrected chi connectivity index (χ1v) is 13.3. The average molecular weight is 598 g/mol. The number of ether oxygens (including phenoxy) is 2. The molecule has 14 heteroatoms. The molecule has 0 unspecified atom stereocenters. The zero-order valence-corrected chi connectivity index (χ0v) is 23.6. The van der Waals surface area contributed by atoms with Gasteiger partial charge in [0.2, 0.25) is 6.41 Å². The fourth-order valence-corrected chi connectivity index (χ4v) is 4.44. The van der Waals surface area contributed by atoms with Crippen molar-refractivity contribution in [2.45, 2.75) is 24.2 Å². The van der Waals surface area contributed by atoms with Crippen molar-refractivity contribution in [2.75, 3.05) is 37.5 Å². The molecule has 0 aliphatic heterocycles. The monoisotopic (exact) mass is 597 g/mol. The Morgan fingerprint density at radius 2 is 1.64 bits per heavy atom. The number of methoxy groups -OCH3 is 2. The molecule has 0 saturated carbocycles. The second kappa shape index (κ2) is 15.8. The first-order chi connectivity index (χ1) is 20.2. The number of esters is 2. The Bertz CT molecular complexity index is 1440. The third-order valence-corrected chi connectivity index (χ3v) is 6.66. The van der Waals surface area contributed by atoms with Crippen LogP contribution in [0.5, 0.6) is 0 Å². The van der Waals surface area contributed by atoms with Crippen molar-refractivity contribution in [1.29, 1.82) is 0 Å². The number of hydrogen-bond acceptors (Lipinski definition) is 11. The molecule has 3 aromatic carbocycles. The molecule has 1 amide bonds. The molecule has 0 heterocycles. The van der Waals surface area contributed by atoms with Crippen LogP contribution in [0.25, 0.3) is 0 Å². The van der Waals surface area contributed by atoms with Gasteiger partial charge in [-0.05, 0) is 35.4 Å². The Hall–Kier alpha value is -4.85. The van der Waals surface area contributed by atoms with Gasteiger partial charge in [0, 0.05) is 31.3 Å². The summed E-state index contributed by atoms with van der Waals surface area (Å²) in [5.41, 5.74) is 1.97. The van der Waals surface area contributed by atoms with Crippen molar-refractivity contribution < 1.29 is 32.6 Å². The maximum Gasteiger partial charge on any atom is 0.307 e. The number of amides is 1. The van der Waals surface area contributed by atoms with E-state index in [0.717, 1.165) is 11.6 Å². The highest BCUT2D eigenvalue weighted by Gasteiger charge is 2.18. The van der Waals surface area contributed by atoms with Crippen LogP contribution in [0, 0.1) is 15.9 Å². The van der Waals surface area contributed by atoms with E-state index in [-0.39, 0.29) is 71.8 Å². The number of halogens is 1. The highest BCUT2D eigenvalue weighted by atomic mass is 32.2. The summed E-state index contributed by atoms with van der Waals surface area (Å²) >= 11 is 0.281. The van der Waals surface area contributed by atoms with E-state index in [9.17, 15) is 24.5 Å². The minimum atomic E-state index is -0.621. The summed E-state index contributed by atoms with van der Waals surface area (Å²) in [6, 6.07) is 16.3. The quantitative estimate of drug-likeness (QED) is 0.0588. The first kappa shape index (κ1) is 31.7. The van der Waals surface area contributed by atoms with Gasteiger partial charge in [0.15, 0.2) is 0 Å². The maximum atomic E-state index is 15.0. The van der Waals surface area contributed by atoms with Gasteiger partial charge in [0.1, 0.15) is 26.4 Å². The summed E-state index contributed by atoms with van der Waals surface area (Å²) in [4.78, 5) is 47.9. The van der Waals surface area contributed by atoms with E-state index in [1.54, 1.807) is 17.0 Å². The summed E-state index contributed by atoms with van der Waals surface area (Å²) in [6.07, 6.45) is 0.737. The smallest absolute Gasteiger partial charge is 0.307 e. The zero-order chi connectivity index (χ0) is 30.5. The number of hydrogen-bond donors (Lipinski definition) is 1. The van der Waals surface area contributed by atoms with Crippen LogP contribution >= 0.6 is 11.9 Å². The number of carbonyl (C=O) groups is 3. The van der Waals surface area contributed by atoms with Crippen LogP contribution in [0.2, 0.25) is 0 Å². The molecule has 12 nitrogen and oxygen atoms in total. The molecule has 0 radical (unpaired) electrons. The number of benzene rings is 3. The van der Waals surface area contributed by atoms with E-state index in [0.29, 0.717) is 12.1 Å². The van der Waals surface area contributed by atoms with E-state index in [4.69, 9.17) is 9.47 Å². The van der Waals surface area contributed by atoms with E-state index in [1.165, 1.54) is 26.4 Å². The van der Waals surface area contributed by atoms with E-state index in [1.807, 2.05) is 30.3 Å². The van der Waals surface area contributed by atoms with Crippen molar-refractivity contribution in [1.82, 2.24) is 0 Å². The van der Waals surface area contributed by atoms with Gasteiger partial charge in [0.05, 0.1) is 32.7 Å². The fraction of sp³-hybridized carbons (Fsp3) is 0.250. The molecule has 0 saturated heterocycles. The fourth-order valence-electron chi connectivity index (χ4n) is 3.89. The van der Waals surface area contributed by atoms with Crippen molar-refractivity contribution in [3.8, 4) is 0 Å². The number of nitrogens with zero attached hydrogens (tertiary/aromatic N) is 4. The van der Waals surface area contributed by atoms with E-state index < -0.39 is 22.1 Å². The van der Waals surface area contributed by atoms with Crippen LogP contribution in [0.3, 0.4) is 0 Å². The van der Waals surface area contributed by atoms with Gasteiger partial charge in [-0.1, -0.05) is 30.3 Å². The highest BCUT2D eigenvalue weighted by Crippen LogP contribution is 2.36. The number of azo groups is 1. The lowest BCUT2D eigenvalue weighted by Crippen LogP contribution is -2.29. The third-order valence-electron chi connectivity index (χ3n) is 5.99. The predicted octanol–water partition coefficient (Wildman–Crippen LogP) is 5.62. The Morgan fingerprint density at radius 1 is 1.00 bits per heavy atom. The van der Waals surface area contributed by atoms with Crippen LogP contribution in [-0.2, 0) is 30.3 Å². The van der Waals surface area contributed by atoms with Gasteiger partial charge in [0.25, 0.3) is 11.9 Å². The van der Waals surface area contributed by atoms with Crippen LogP contribution in [0.1, 0.15) is 24.0 Å². The molecular formula is C28H28FN5O7S. The topological polar surface area (TPSA) is 153 Å². The van der Waals surface area contributed by atoms with Gasteiger partial charge in [-0.25, -0.2) is 4.39 Å². The highest BCUT2D eigenvalue weighted by molar-refractivity contribution is 7.93. The standard InChI is InChI=1S/C28H28FN5O7S/c1-40-27(36)10-12-33(13-11-28(37)41-2)21-8-9-23(24(16-21)30-18-35)31-32-25-17-22(29)20(15-26(25)42-34(38)39)14-19-6-4-3-5-7-19/h3-9,15-18H,10-14H2,1-2H3,(H,30,35). The average Bonchev–Trinajstić information content (AvgIpc) is 2.98. The second-order valence-electron chi connectivity index (χ2n) is 8.69. The van der Waals surface area contributed by atoms with Gasteiger partial charge >= 0.3 is 11.9 Å². The van der Waals surface area contributed by atoms with Gasteiger partial charge < -0.3 is 19.7 Å². The molecule has 3 aromatic rings. The second-order valence-corrected chi connectivity index (χ2v) is 9.61. The summed E-state index contributed by atoms with van der Waals surface area (Å²) in [7, 11) is 2.54. The number of nitro groups is 1. The van der Waals surface area contributed by atoms with Crippen molar-refractivity contribution in [3.05, 3.63) is 87.7 Å². The molecule has 0 atom stereocenters. The predicted molar refractivity (Wildman–Crippen MR) is 154 cm³/mol. The molecule has 0 aliphatic rings. The minimum Gasteiger partial charge on any atom is -0.469 e. The molecule has 0 bridgehead atoms. The SMILES string of the molecule is COC(=O)CCN(CCC(=O)OC)c1ccc(N=Nc2cc(F)c(Cc3ccccc3)cc2S[N+](=O)[O-])c(NC=O)c1. The molecule has 0 aliphatic carbocycles. The van der Waals surface area contributed by atoms with Crippen LogP contribution in [0.15, 0.2) is 75.8 Å². The van der Waals surface area contributed by atoms with E-state index >= 15 is 4.39 Å². The molecule has 1 N–H and O–H groups in total. The lowest BCUT2D eigenvalue weighted by atomic mass is 10.0. The molecule has 220 valence electrons. The number of nitrogens with one attached hydrogen (secondary N) is 1. The lowest BCUT2D eigenvalue weighted by Gasteiger charge is -2.24. The summed E-state index contributed by atoms with van der Waals surface area (Å²) < 4.78 is 23.8. The largest absolute Gasteiger partial charge is 0.469 e.